The van der Waals surface area contributed by atoms with Crippen molar-refractivity contribution in [1.29, 1.82) is 0 Å². The van der Waals surface area contributed by atoms with E-state index in [-0.39, 0.29) is 0 Å². The smallest absolute Gasteiger partial charge is 0.0812 e. The van der Waals surface area contributed by atoms with Crippen LogP contribution in [-0.4, -0.2) is 11.2 Å². The average Bonchev–Trinajstić information content (AvgIpc) is 2.16. The van der Waals surface area contributed by atoms with Crippen molar-refractivity contribution in [2.45, 2.75) is 6.92 Å². The van der Waals surface area contributed by atoms with E-state index in [1.165, 1.54) is 6.20 Å². The SMILES string of the molecule is CC(C=Nc1cccnc1)=CN. The zero-order valence-electron chi connectivity index (χ0n) is 6.94. The van der Waals surface area contributed by atoms with E-state index in [9.17, 15) is 0 Å². The van der Waals surface area contributed by atoms with Crippen LogP contribution in [0, 0.1) is 0 Å². The summed E-state index contributed by atoms with van der Waals surface area (Å²) in [5.74, 6) is 0. The number of hydrogen-bond donors (Lipinski definition) is 1. The molecular formula is C9H11N3. The first kappa shape index (κ1) is 8.46. The lowest BCUT2D eigenvalue weighted by Gasteiger charge is -1.90. The van der Waals surface area contributed by atoms with E-state index < -0.39 is 0 Å². The molecule has 0 saturated heterocycles. The van der Waals surface area contributed by atoms with Crippen LogP contribution in [0.2, 0.25) is 0 Å². The third-order valence-electron chi connectivity index (χ3n) is 1.33. The summed E-state index contributed by atoms with van der Waals surface area (Å²) in [6.45, 7) is 1.89. The molecule has 0 aliphatic carbocycles. The van der Waals surface area contributed by atoms with Crippen LogP contribution in [0.3, 0.4) is 0 Å². The molecule has 1 rings (SSSR count). The van der Waals surface area contributed by atoms with Crippen LogP contribution in [0.1, 0.15) is 6.92 Å². The van der Waals surface area contributed by atoms with Gasteiger partial charge in [-0.3, -0.25) is 9.98 Å². The molecule has 0 atom stereocenters. The van der Waals surface area contributed by atoms with Gasteiger partial charge < -0.3 is 5.73 Å². The fourth-order valence-electron chi connectivity index (χ4n) is 0.649. The van der Waals surface area contributed by atoms with E-state index in [1.807, 2.05) is 19.1 Å². The molecule has 0 unspecified atom stereocenters. The summed E-state index contributed by atoms with van der Waals surface area (Å²) in [6, 6.07) is 3.72. The molecule has 1 aromatic heterocycles. The lowest BCUT2D eigenvalue weighted by atomic mass is 10.3. The van der Waals surface area contributed by atoms with Gasteiger partial charge in [-0.15, -0.1) is 0 Å². The molecule has 62 valence electrons. The molecule has 12 heavy (non-hydrogen) atoms. The molecule has 0 aliphatic rings. The van der Waals surface area contributed by atoms with Crippen molar-refractivity contribution in [3.8, 4) is 0 Å². The molecule has 3 heteroatoms. The predicted octanol–water partition coefficient (Wildman–Crippen LogP) is 1.65. The van der Waals surface area contributed by atoms with Gasteiger partial charge in [-0.05, 0) is 30.8 Å². The van der Waals surface area contributed by atoms with E-state index in [0.717, 1.165) is 11.3 Å². The largest absolute Gasteiger partial charge is 0.404 e. The minimum atomic E-state index is 0.832. The van der Waals surface area contributed by atoms with Crippen molar-refractivity contribution in [2.24, 2.45) is 10.7 Å². The van der Waals surface area contributed by atoms with Crippen molar-refractivity contribution in [3.05, 3.63) is 36.3 Å². The summed E-state index contributed by atoms with van der Waals surface area (Å²) in [5.41, 5.74) is 7.03. The van der Waals surface area contributed by atoms with Gasteiger partial charge in [-0.25, -0.2) is 0 Å². The van der Waals surface area contributed by atoms with Crippen molar-refractivity contribution >= 4 is 11.9 Å². The lowest BCUT2D eigenvalue weighted by Crippen LogP contribution is -1.84. The summed E-state index contributed by atoms with van der Waals surface area (Å²) >= 11 is 0. The van der Waals surface area contributed by atoms with Gasteiger partial charge in [0.25, 0.3) is 0 Å². The van der Waals surface area contributed by atoms with Crippen LogP contribution in [0.25, 0.3) is 0 Å². The van der Waals surface area contributed by atoms with Gasteiger partial charge in [0.15, 0.2) is 0 Å². The Morgan fingerprint density at radius 1 is 1.67 bits per heavy atom. The van der Waals surface area contributed by atoms with Gasteiger partial charge in [0, 0.05) is 12.4 Å². The second-order valence-electron chi connectivity index (χ2n) is 2.38. The predicted molar refractivity (Wildman–Crippen MR) is 50.3 cm³/mol. The zero-order valence-corrected chi connectivity index (χ0v) is 6.94. The molecule has 1 aromatic rings. The fraction of sp³-hybridized carbons (Fsp3) is 0.111. The fourth-order valence-corrected chi connectivity index (χ4v) is 0.649. The molecule has 1 heterocycles. The Morgan fingerprint density at radius 3 is 3.08 bits per heavy atom. The Labute approximate surface area is 71.7 Å². The first-order valence-corrected chi connectivity index (χ1v) is 3.65. The van der Waals surface area contributed by atoms with Gasteiger partial charge in [-0.1, -0.05) is 0 Å². The monoisotopic (exact) mass is 161 g/mol. The van der Waals surface area contributed by atoms with Crippen molar-refractivity contribution < 1.29 is 0 Å². The van der Waals surface area contributed by atoms with Crippen LogP contribution in [0.15, 0.2) is 41.3 Å². The highest BCUT2D eigenvalue weighted by atomic mass is 14.8. The molecule has 2 N–H and O–H groups in total. The number of nitrogens with two attached hydrogens (primary N) is 1. The number of aliphatic imine (C=N–C) groups is 1. The highest BCUT2D eigenvalue weighted by Gasteiger charge is 1.84. The minimum absolute atomic E-state index is 0.832. The first-order chi connectivity index (χ1) is 5.83. The molecule has 0 aromatic carbocycles. The van der Waals surface area contributed by atoms with E-state index in [2.05, 4.69) is 9.98 Å². The maximum atomic E-state index is 5.27. The van der Waals surface area contributed by atoms with E-state index in [4.69, 9.17) is 5.73 Å². The molecule has 0 saturated carbocycles. The summed E-state index contributed by atoms with van der Waals surface area (Å²) in [6.07, 6.45) is 6.63. The Bertz CT molecular complexity index is 288. The highest BCUT2D eigenvalue weighted by Crippen LogP contribution is 2.06. The maximum absolute atomic E-state index is 5.27. The Hall–Kier alpha value is -1.64. The number of pyridine rings is 1. The molecular weight excluding hydrogens is 150 g/mol. The number of allylic oxidation sites excluding steroid dienone is 1. The summed E-state index contributed by atoms with van der Waals surface area (Å²) in [5, 5.41) is 0. The topological polar surface area (TPSA) is 51.3 Å². The second-order valence-corrected chi connectivity index (χ2v) is 2.38. The molecule has 0 aliphatic heterocycles. The lowest BCUT2D eigenvalue weighted by molar-refractivity contribution is 1.31. The standard InChI is InChI=1S/C9H11N3/c1-8(5-10)6-12-9-3-2-4-11-7-9/h2-7H,10H2,1H3. The molecule has 0 bridgehead atoms. The average molecular weight is 161 g/mol. The van der Waals surface area contributed by atoms with Gasteiger partial charge >= 0.3 is 0 Å². The number of rotatable bonds is 2. The van der Waals surface area contributed by atoms with Crippen LogP contribution < -0.4 is 5.73 Å². The Balaban J connectivity index is 2.70. The molecule has 0 fully saturated rings. The zero-order chi connectivity index (χ0) is 8.81. The van der Waals surface area contributed by atoms with Gasteiger partial charge in [0.1, 0.15) is 0 Å². The van der Waals surface area contributed by atoms with Crippen LogP contribution in [0.5, 0.6) is 0 Å². The number of nitrogens with zero attached hydrogens (tertiary/aromatic N) is 2. The summed E-state index contributed by atoms with van der Waals surface area (Å²) in [7, 11) is 0. The number of hydrogen-bond acceptors (Lipinski definition) is 3. The van der Waals surface area contributed by atoms with Crippen molar-refractivity contribution in [3.63, 3.8) is 0 Å². The minimum Gasteiger partial charge on any atom is -0.404 e. The maximum Gasteiger partial charge on any atom is 0.0812 e. The molecule has 0 radical (unpaired) electrons. The van der Waals surface area contributed by atoms with Gasteiger partial charge in [-0.2, -0.15) is 0 Å². The summed E-state index contributed by atoms with van der Waals surface area (Å²) < 4.78 is 0. The van der Waals surface area contributed by atoms with Crippen LogP contribution in [0.4, 0.5) is 5.69 Å². The first-order valence-electron chi connectivity index (χ1n) is 3.65. The normalized spacial score (nSPS) is 12.2. The van der Waals surface area contributed by atoms with Crippen LogP contribution >= 0.6 is 0 Å². The summed E-state index contributed by atoms with van der Waals surface area (Å²) in [4.78, 5) is 8.07. The highest BCUT2D eigenvalue weighted by molar-refractivity contribution is 5.79. The van der Waals surface area contributed by atoms with E-state index >= 15 is 0 Å². The third-order valence-corrected chi connectivity index (χ3v) is 1.33. The molecule has 3 nitrogen and oxygen atoms in total. The second kappa shape index (κ2) is 4.28. The van der Waals surface area contributed by atoms with Gasteiger partial charge in [0.2, 0.25) is 0 Å². The number of aromatic nitrogens is 1. The molecule has 0 amide bonds. The Kier molecular flexibility index (Phi) is 3.02. The van der Waals surface area contributed by atoms with E-state index in [0.29, 0.717) is 0 Å². The van der Waals surface area contributed by atoms with Crippen LogP contribution in [-0.2, 0) is 0 Å². The van der Waals surface area contributed by atoms with Crippen molar-refractivity contribution in [1.82, 2.24) is 4.98 Å². The Morgan fingerprint density at radius 2 is 2.50 bits per heavy atom. The van der Waals surface area contributed by atoms with E-state index in [1.54, 1.807) is 18.6 Å². The molecule has 0 spiro atoms. The quantitative estimate of drug-likeness (QED) is 0.670. The van der Waals surface area contributed by atoms with Crippen molar-refractivity contribution in [2.75, 3.05) is 0 Å². The van der Waals surface area contributed by atoms with Gasteiger partial charge in [0.05, 0.1) is 11.9 Å². The third kappa shape index (κ3) is 2.54.